The molecule has 4 aromatic rings. The smallest absolute Gasteiger partial charge is 0.278 e. The summed E-state index contributed by atoms with van der Waals surface area (Å²) in [6.45, 7) is 5.85. The number of aromatic nitrogens is 5. The minimum absolute atomic E-state index is 0.196. The largest absolute Gasteiger partial charge is 0.320 e. The van der Waals surface area contributed by atoms with E-state index < -0.39 is 0 Å². The van der Waals surface area contributed by atoms with E-state index in [0.29, 0.717) is 22.3 Å². The lowest BCUT2D eigenvalue weighted by Crippen LogP contribution is -2.16. The van der Waals surface area contributed by atoms with Gasteiger partial charge in [-0.05, 0) is 62.2 Å². The molecule has 2 aromatic heterocycles. The summed E-state index contributed by atoms with van der Waals surface area (Å²) < 4.78 is 15.0. The molecule has 0 saturated heterocycles. The molecule has 0 unspecified atom stereocenters. The monoisotopic (exact) mass is 462 g/mol. The number of anilines is 1. The van der Waals surface area contributed by atoms with Crippen molar-refractivity contribution in [3.63, 3.8) is 0 Å². The van der Waals surface area contributed by atoms with E-state index in [0.717, 1.165) is 29.1 Å². The van der Waals surface area contributed by atoms with Gasteiger partial charge < -0.3 is 5.32 Å². The van der Waals surface area contributed by atoms with Crippen LogP contribution in [0, 0.1) is 19.7 Å². The molecule has 2 heterocycles. The normalized spacial score (nSPS) is 10.9. The summed E-state index contributed by atoms with van der Waals surface area (Å²) in [5.41, 5.74) is 4.86. The number of halogens is 1. The van der Waals surface area contributed by atoms with Crippen molar-refractivity contribution in [2.24, 2.45) is 0 Å². The molecule has 33 heavy (non-hydrogen) atoms. The predicted octanol–water partition coefficient (Wildman–Crippen LogP) is 4.92. The fourth-order valence-corrected chi connectivity index (χ4v) is 4.36. The van der Waals surface area contributed by atoms with E-state index >= 15 is 0 Å². The van der Waals surface area contributed by atoms with Crippen molar-refractivity contribution in [2.45, 2.75) is 38.1 Å². The van der Waals surface area contributed by atoms with Gasteiger partial charge in [0.15, 0.2) is 10.9 Å². The van der Waals surface area contributed by atoms with Gasteiger partial charge in [0, 0.05) is 22.8 Å². The van der Waals surface area contributed by atoms with Gasteiger partial charge in [-0.2, -0.15) is 0 Å². The molecule has 4 rings (SSSR count). The second-order valence-electron chi connectivity index (χ2n) is 7.46. The minimum Gasteiger partial charge on any atom is -0.320 e. The number of para-hydroxylation sites is 1. The van der Waals surface area contributed by atoms with Crippen LogP contribution in [0.5, 0.6) is 0 Å². The first-order valence-corrected chi connectivity index (χ1v) is 11.5. The molecule has 0 atom stereocenters. The molecule has 2 aromatic carbocycles. The molecule has 9 heteroatoms. The van der Waals surface area contributed by atoms with Crippen molar-refractivity contribution in [3.8, 4) is 5.69 Å². The van der Waals surface area contributed by atoms with Gasteiger partial charge in [0.05, 0.1) is 11.4 Å². The number of thioether (sulfide) groups is 1. The maximum absolute atomic E-state index is 13.5. The summed E-state index contributed by atoms with van der Waals surface area (Å²) in [7, 11) is 0. The second-order valence-corrected chi connectivity index (χ2v) is 8.40. The van der Waals surface area contributed by atoms with E-state index in [2.05, 4.69) is 25.6 Å². The van der Waals surface area contributed by atoms with Gasteiger partial charge in [-0.25, -0.2) is 19.0 Å². The zero-order chi connectivity index (χ0) is 23.4. The molecule has 0 radical (unpaired) electrons. The summed E-state index contributed by atoms with van der Waals surface area (Å²) in [6, 6.07) is 15.4. The van der Waals surface area contributed by atoms with Crippen LogP contribution in [0.4, 0.5) is 10.1 Å². The molecule has 7 nitrogen and oxygen atoms in total. The fraction of sp³-hybridized carbons (Fsp3) is 0.208. The average molecular weight is 463 g/mol. The van der Waals surface area contributed by atoms with E-state index in [1.807, 2.05) is 51.1 Å². The second kappa shape index (κ2) is 9.91. The molecule has 1 N–H and O–H groups in total. The van der Waals surface area contributed by atoms with Gasteiger partial charge in [-0.3, -0.25) is 4.79 Å². The Labute approximate surface area is 195 Å². The molecule has 0 aliphatic carbocycles. The molecular formula is C24H23FN6OS. The maximum Gasteiger partial charge on any atom is 0.278 e. The number of hydrogen-bond donors (Lipinski definition) is 1. The van der Waals surface area contributed by atoms with Gasteiger partial charge in [-0.15, -0.1) is 5.10 Å². The maximum atomic E-state index is 13.5. The molecule has 1 amide bonds. The topological polar surface area (TPSA) is 85.6 Å². The molecule has 0 aliphatic rings. The van der Waals surface area contributed by atoms with Crippen LogP contribution in [0.3, 0.4) is 0 Å². The average Bonchev–Trinajstić information content (AvgIpc) is 3.22. The number of hydrogen-bond acceptors (Lipinski definition) is 6. The van der Waals surface area contributed by atoms with Crippen LogP contribution in [-0.2, 0) is 12.2 Å². The number of aryl methyl sites for hydroxylation is 3. The van der Waals surface area contributed by atoms with Crippen molar-refractivity contribution in [3.05, 3.63) is 88.8 Å². The van der Waals surface area contributed by atoms with E-state index in [-0.39, 0.29) is 17.4 Å². The number of carbonyl (C=O) groups excluding carboxylic acids is 1. The van der Waals surface area contributed by atoms with Crippen LogP contribution < -0.4 is 5.32 Å². The first kappa shape index (κ1) is 22.6. The van der Waals surface area contributed by atoms with Gasteiger partial charge in [0.1, 0.15) is 5.82 Å². The lowest BCUT2D eigenvalue weighted by atomic mass is 10.1. The van der Waals surface area contributed by atoms with E-state index in [9.17, 15) is 9.18 Å². The Kier molecular flexibility index (Phi) is 6.79. The zero-order valence-electron chi connectivity index (χ0n) is 18.5. The van der Waals surface area contributed by atoms with Crippen LogP contribution in [-0.4, -0.2) is 30.9 Å². The van der Waals surface area contributed by atoms with E-state index in [1.54, 1.807) is 16.8 Å². The lowest BCUT2D eigenvalue weighted by Gasteiger charge is -2.11. The SMILES string of the molecule is CCc1ccccc1NC(=O)c1nnn(-c2ccc(F)cc2)c1CSc1nc(C)cc(C)n1. The van der Waals surface area contributed by atoms with Crippen molar-refractivity contribution in [1.29, 1.82) is 0 Å². The molecule has 0 aliphatic heterocycles. The molecule has 168 valence electrons. The Balaban J connectivity index is 1.68. The van der Waals surface area contributed by atoms with E-state index in [4.69, 9.17) is 0 Å². The number of nitrogens with zero attached hydrogens (tertiary/aromatic N) is 5. The molecule has 0 bridgehead atoms. The molecule has 0 saturated carbocycles. The highest BCUT2D eigenvalue weighted by molar-refractivity contribution is 7.98. The highest BCUT2D eigenvalue weighted by atomic mass is 32.2. The van der Waals surface area contributed by atoms with Gasteiger partial charge in [0.25, 0.3) is 5.91 Å². The van der Waals surface area contributed by atoms with E-state index in [1.165, 1.54) is 23.9 Å². The highest BCUT2D eigenvalue weighted by Crippen LogP contribution is 2.25. The number of nitrogens with one attached hydrogen (secondary N) is 1. The van der Waals surface area contributed by atoms with Crippen LogP contribution in [0.1, 0.15) is 40.1 Å². The van der Waals surface area contributed by atoms with Crippen molar-refractivity contribution >= 4 is 23.4 Å². The molecule has 0 spiro atoms. The number of rotatable bonds is 7. The van der Waals surface area contributed by atoms with Crippen LogP contribution in [0.15, 0.2) is 59.8 Å². The Bertz CT molecular complexity index is 1270. The number of benzene rings is 2. The fourth-order valence-electron chi connectivity index (χ4n) is 3.42. The van der Waals surface area contributed by atoms with Crippen LogP contribution >= 0.6 is 11.8 Å². The summed E-state index contributed by atoms with van der Waals surface area (Å²) in [6.07, 6.45) is 0.783. The van der Waals surface area contributed by atoms with Crippen molar-refractivity contribution < 1.29 is 9.18 Å². The standard InChI is InChI=1S/C24H23FN6OS/c1-4-17-7-5-6-8-20(17)28-23(32)22-21(14-33-24-26-15(2)13-16(3)27-24)31(30-29-22)19-11-9-18(25)10-12-19/h5-13H,4,14H2,1-3H3,(H,28,32). The Morgan fingerprint density at radius 2 is 1.76 bits per heavy atom. The van der Waals surface area contributed by atoms with Crippen LogP contribution in [0.2, 0.25) is 0 Å². The van der Waals surface area contributed by atoms with Gasteiger partial charge >= 0.3 is 0 Å². The predicted molar refractivity (Wildman–Crippen MR) is 126 cm³/mol. The molecule has 0 fully saturated rings. The highest BCUT2D eigenvalue weighted by Gasteiger charge is 2.22. The third-order valence-corrected chi connectivity index (χ3v) is 5.85. The Hall–Kier alpha value is -3.59. The minimum atomic E-state index is -0.360. The Morgan fingerprint density at radius 3 is 2.45 bits per heavy atom. The zero-order valence-corrected chi connectivity index (χ0v) is 19.4. The Morgan fingerprint density at radius 1 is 1.06 bits per heavy atom. The third kappa shape index (κ3) is 5.25. The summed E-state index contributed by atoms with van der Waals surface area (Å²) in [5, 5.41) is 11.9. The van der Waals surface area contributed by atoms with Crippen LogP contribution in [0.25, 0.3) is 5.69 Å². The summed E-state index contributed by atoms with van der Waals surface area (Å²) in [4.78, 5) is 22.1. The lowest BCUT2D eigenvalue weighted by molar-refractivity contribution is 0.102. The first-order valence-electron chi connectivity index (χ1n) is 10.5. The summed E-state index contributed by atoms with van der Waals surface area (Å²) >= 11 is 1.39. The van der Waals surface area contributed by atoms with Gasteiger partial charge in [0.2, 0.25) is 0 Å². The quantitative estimate of drug-likeness (QED) is 0.310. The number of carbonyl (C=O) groups is 1. The molecular weight excluding hydrogens is 439 g/mol. The van der Waals surface area contributed by atoms with Gasteiger partial charge in [-0.1, -0.05) is 42.1 Å². The first-order chi connectivity index (χ1) is 15.9. The number of amides is 1. The van der Waals surface area contributed by atoms with Crippen molar-refractivity contribution in [2.75, 3.05) is 5.32 Å². The summed E-state index contributed by atoms with van der Waals surface area (Å²) in [5.74, 6) is -0.361. The third-order valence-electron chi connectivity index (χ3n) is 5.00. The van der Waals surface area contributed by atoms with Crippen molar-refractivity contribution in [1.82, 2.24) is 25.0 Å².